The molecule has 1 fully saturated rings. The van der Waals surface area contributed by atoms with Gasteiger partial charge in [0.2, 0.25) is 0 Å². The first-order valence-corrected chi connectivity index (χ1v) is 12.5. The molecule has 2 unspecified atom stereocenters. The Bertz CT molecular complexity index is 1080. The van der Waals surface area contributed by atoms with Crippen LogP contribution in [-0.2, 0) is 5.54 Å². The van der Waals surface area contributed by atoms with Gasteiger partial charge in [-0.1, -0.05) is 37.3 Å². The second kappa shape index (κ2) is 11.0. The predicted molar refractivity (Wildman–Crippen MR) is 134 cm³/mol. The molecule has 0 aromatic heterocycles. The summed E-state index contributed by atoms with van der Waals surface area (Å²) >= 11 is 0. The van der Waals surface area contributed by atoms with Crippen molar-refractivity contribution in [3.63, 3.8) is 0 Å². The average Bonchev–Trinajstić information content (AvgIpc) is 3.18. The maximum Gasteiger partial charge on any atom is 0.321 e. The Morgan fingerprint density at radius 1 is 1.14 bits per heavy atom. The summed E-state index contributed by atoms with van der Waals surface area (Å²) < 4.78 is 42.4. The molecule has 0 aliphatic carbocycles. The number of nitrogens with zero attached hydrogens (tertiary/aromatic N) is 3. The van der Waals surface area contributed by atoms with Crippen molar-refractivity contribution in [2.24, 2.45) is 0 Å². The number of alkyl halides is 1. The van der Waals surface area contributed by atoms with Crippen LogP contribution in [0.25, 0.3) is 5.57 Å². The van der Waals surface area contributed by atoms with Gasteiger partial charge in [-0.15, -0.1) is 0 Å². The lowest BCUT2D eigenvalue weighted by Gasteiger charge is -2.41. The van der Waals surface area contributed by atoms with Gasteiger partial charge in [-0.2, -0.15) is 0 Å². The molecular formula is C28H34F3N3O2. The number of rotatable bonds is 6. The highest BCUT2D eigenvalue weighted by Crippen LogP contribution is 2.41. The molecule has 3 atom stereocenters. The number of carbonyl (C=O) groups is 1. The van der Waals surface area contributed by atoms with E-state index in [1.54, 1.807) is 18.0 Å². The van der Waals surface area contributed by atoms with Crippen molar-refractivity contribution in [3.05, 3.63) is 77.4 Å². The second-order valence-electron chi connectivity index (χ2n) is 9.68. The lowest BCUT2D eigenvalue weighted by atomic mass is 9.89. The number of halogens is 3. The monoisotopic (exact) mass is 501 g/mol. The molecule has 0 radical (unpaired) electrons. The molecule has 36 heavy (non-hydrogen) atoms. The van der Waals surface area contributed by atoms with Crippen LogP contribution >= 0.6 is 0 Å². The number of aliphatic hydroxyl groups is 1. The lowest BCUT2D eigenvalue weighted by Crippen LogP contribution is -2.54. The molecule has 194 valence electrons. The fourth-order valence-electron chi connectivity index (χ4n) is 5.59. The predicted octanol–water partition coefficient (Wildman–Crippen LogP) is 4.82. The molecular weight excluding hydrogens is 467 g/mol. The summed E-state index contributed by atoms with van der Waals surface area (Å²) in [6.45, 7) is 2.62. The molecule has 0 saturated carbocycles. The minimum absolute atomic E-state index is 0.0138. The Morgan fingerprint density at radius 3 is 2.56 bits per heavy atom. The van der Waals surface area contributed by atoms with Crippen molar-refractivity contribution in [1.29, 1.82) is 0 Å². The van der Waals surface area contributed by atoms with Crippen LogP contribution in [0.3, 0.4) is 0 Å². The highest BCUT2D eigenvalue weighted by Gasteiger charge is 2.46. The number of carbonyl (C=O) groups excluding carboxylic acids is 1. The molecule has 2 heterocycles. The van der Waals surface area contributed by atoms with Crippen LogP contribution in [0.1, 0.15) is 37.3 Å². The van der Waals surface area contributed by atoms with E-state index in [0.29, 0.717) is 36.9 Å². The van der Waals surface area contributed by atoms with Gasteiger partial charge in [0.05, 0.1) is 6.61 Å². The molecule has 8 heteroatoms. The molecule has 5 nitrogen and oxygen atoms in total. The van der Waals surface area contributed by atoms with Gasteiger partial charge in [-0.05, 0) is 61.2 Å². The van der Waals surface area contributed by atoms with Crippen LogP contribution in [0.15, 0.2) is 54.6 Å². The van der Waals surface area contributed by atoms with E-state index in [1.165, 1.54) is 4.90 Å². The van der Waals surface area contributed by atoms with Crippen LogP contribution in [0.2, 0.25) is 0 Å². The molecule has 2 aromatic rings. The van der Waals surface area contributed by atoms with Crippen molar-refractivity contribution in [1.82, 2.24) is 14.7 Å². The first-order chi connectivity index (χ1) is 17.3. The van der Waals surface area contributed by atoms with Crippen LogP contribution in [0.4, 0.5) is 18.0 Å². The number of hydrogen-bond donors (Lipinski definition) is 1. The largest absolute Gasteiger partial charge is 0.393 e. The number of likely N-dealkylation sites (tertiary alicyclic amines) is 1. The van der Waals surface area contributed by atoms with Gasteiger partial charge in [0.25, 0.3) is 0 Å². The number of amides is 2. The van der Waals surface area contributed by atoms with E-state index in [4.69, 9.17) is 0 Å². The summed E-state index contributed by atoms with van der Waals surface area (Å²) in [7, 11) is 1.73. The van der Waals surface area contributed by atoms with Gasteiger partial charge in [-0.25, -0.2) is 18.0 Å². The fourth-order valence-corrected chi connectivity index (χ4v) is 5.59. The molecule has 4 rings (SSSR count). The third-order valence-corrected chi connectivity index (χ3v) is 7.78. The Hall–Kier alpha value is -2.84. The summed E-state index contributed by atoms with van der Waals surface area (Å²) in [5.41, 5.74) is -0.0539. The SMILES string of the molecule is CCN1CCC(N(C)C(=O)N2CC(c3cc(F)ccc3F)=C[C@@]2(CO)c2ccccc2)CCC1CF. The molecule has 2 aliphatic heterocycles. The van der Waals surface area contributed by atoms with Gasteiger partial charge in [0, 0.05) is 37.8 Å². The minimum Gasteiger partial charge on any atom is -0.393 e. The topological polar surface area (TPSA) is 47.0 Å². The first-order valence-electron chi connectivity index (χ1n) is 12.5. The van der Waals surface area contributed by atoms with E-state index < -0.39 is 30.5 Å². The van der Waals surface area contributed by atoms with E-state index >= 15 is 0 Å². The highest BCUT2D eigenvalue weighted by atomic mass is 19.1. The minimum atomic E-state index is -1.23. The molecule has 1 saturated heterocycles. The molecule has 1 N–H and O–H groups in total. The van der Waals surface area contributed by atoms with Crippen LogP contribution < -0.4 is 0 Å². The zero-order chi connectivity index (χ0) is 25.9. The third kappa shape index (κ3) is 4.89. The first kappa shape index (κ1) is 26.2. The quantitative estimate of drug-likeness (QED) is 0.618. The van der Waals surface area contributed by atoms with E-state index in [-0.39, 0.29) is 30.2 Å². The average molecular weight is 502 g/mol. The molecule has 0 bridgehead atoms. The Morgan fingerprint density at radius 2 is 1.89 bits per heavy atom. The number of benzene rings is 2. The maximum absolute atomic E-state index is 14.7. The highest BCUT2D eigenvalue weighted by molar-refractivity contribution is 5.83. The van der Waals surface area contributed by atoms with Crippen LogP contribution in [-0.4, -0.2) is 77.9 Å². The van der Waals surface area contributed by atoms with E-state index in [1.807, 2.05) is 37.3 Å². The zero-order valence-corrected chi connectivity index (χ0v) is 20.8. The maximum atomic E-state index is 14.7. The standard InChI is InChI=1S/C28H34F3N3O2/c1-3-33-14-13-23(10-11-24(33)17-29)32(2)27(36)34-18-20(25-15-22(30)9-12-26(25)31)16-28(34,19-35)21-7-5-4-6-8-21/h4-9,12,15-16,23-24,35H,3,10-11,13-14,17-19H2,1-2H3/t23?,24?,28-/m1/s1. The summed E-state index contributed by atoms with van der Waals surface area (Å²) in [5.74, 6) is -1.17. The van der Waals surface area contributed by atoms with Crippen LogP contribution in [0.5, 0.6) is 0 Å². The van der Waals surface area contributed by atoms with Gasteiger partial charge in [0.15, 0.2) is 0 Å². The van der Waals surface area contributed by atoms with Crippen molar-refractivity contribution >= 4 is 11.6 Å². The van der Waals surface area contributed by atoms with E-state index in [2.05, 4.69) is 4.90 Å². The summed E-state index contributed by atoms with van der Waals surface area (Å²) in [6.07, 6.45) is 3.69. The number of urea groups is 1. The van der Waals surface area contributed by atoms with Crippen molar-refractivity contribution < 1.29 is 23.1 Å². The van der Waals surface area contributed by atoms with Gasteiger partial charge in [-0.3, -0.25) is 4.90 Å². The second-order valence-corrected chi connectivity index (χ2v) is 9.68. The van der Waals surface area contributed by atoms with E-state index in [0.717, 1.165) is 24.7 Å². The van der Waals surface area contributed by atoms with Crippen molar-refractivity contribution in [3.8, 4) is 0 Å². The zero-order valence-electron chi connectivity index (χ0n) is 20.8. The Labute approximate surface area is 210 Å². The molecule has 0 spiro atoms. The molecule has 2 aliphatic rings. The number of aliphatic hydroxyl groups excluding tert-OH is 1. The third-order valence-electron chi connectivity index (χ3n) is 7.78. The van der Waals surface area contributed by atoms with E-state index in [9.17, 15) is 23.1 Å². The normalized spacial score (nSPS) is 24.9. The van der Waals surface area contributed by atoms with Crippen LogP contribution in [0, 0.1) is 11.6 Å². The van der Waals surface area contributed by atoms with Crippen molar-refractivity contribution in [2.45, 2.75) is 43.8 Å². The smallest absolute Gasteiger partial charge is 0.321 e. The Kier molecular flexibility index (Phi) is 8.05. The molecule has 2 aromatic carbocycles. The van der Waals surface area contributed by atoms with Gasteiger partial charge >= 0.3 is 6.03 Å². The summed E-state index contributed by atoms with van der Waals surface area (Å²) in [4.78, 5) is 19.3. The van der Waals surface area contributed by atoms with Crippen molar-refractivity contribution in [2.75, 3.05) is 40.0 Å². The Balaban J connectivity index is 1.68. The van der Waals surface area contributed by atoms with Gasteiger partial charge < -0.3 is 14.9 Å². The lowest BCUT2D eigenvalue weighted by molar-refractivity contribution is 0.0777. The summed E-state index contributed by atoms with van der Waals surface area (Å²) in [5, 5.41) is 10.7. The summed E-state index contributed by atoms with van der Waals surface area (Å²) in [6, 6.07) is 11.8. The number of hydrogen-bond acceptors (Lipinski definition) is 3. The van der Waals surface area contributed by atoms with Gasteiger partial charge in [0.1, 0.15) is 23.8 Å². The fraction of sp³-hybridized carbons (Fsp3) is 0.464. The molecule has 2 amide bonds.